The molecule has 0 saturated carbocycles. The SMILES string of the molecule is CC(C)(c1cccc(Cl)c1)[C@@H](OC(N)=O)c1ccccc1. The lowest BCUT2D eigenvalue weighted by Gasteiger charge is -2.34. The fraction of sp³-hybridized carbons (Fsp3) is 0.235. The van der Waals surface area contributed by atoms with E-state index in [-0.39, 0.29) is 0 Å². The summed E-state index contributed by atoms with van der Waals surface area (Å²) in [6.07, 6.45) is -1.28. The molecule has 2 N–H and O–H groups in total. The van der Waals surface area contributed by atoms with Crippen molar-refractivity contribution in [3.8, 4) is 0 Å². The first-order valence-electron chi connectivity index (χ1n) is 6.68. The van der Waals surface area contributed by atoms with Crippen LogP contribution in [0.2, 0.25) is 5.02 Å². The van der Waals surface area contributed by atoms with Gasteiger partial charge in [0.2, 0.25) is 0 Å². The number of hydrogen-bond acceptors (Lipinski definition) is 2. The van der Waals surface area contributed by atoms with Gasteiger partial charge in [0.15, 0.2) is 0 Å². The Morgan fingerprint density at radius 2 is 1.81 bits per heavy atom. The van der Waals surface area contributed by atoms with Gasteiger partial charge < -0.3 is 10.5 Å². The summed E-state index contributed by atoms with van der Waals surface area (Å²) in [6, 6.07) is 17.1. The van der Waals surface area contributed by atoms with Gasteiger partial charge in [-0.2, -0.15) is 0 Å². The molecule has 4 heteroatoms. The molecule has 0 unspecified atom stereocenters. The van der Waals surface area contributed by atoms with Gasteiger partial charge in [0, 0.05) is 10.4 Å². The van der Waals surface area contributed by atoms with Crippen molar-refractivity contribution in [1.82, 2.24) is 0 Å². The molecule has 0 aliphatic carbocycles. The lowest BCUT2D eigenvalue weighted by atomic mass is 9.76. The smallest absolute Gasteiger partial charge is 0.405 e. The molecule has 0 heterocycles. The first-order valence-corrected chi connectivity index (χ1v) is 7.06. The maximum Gasteiger partial charge on any atom is 0.405 e. The standard InChI is InChI=1S/C17H18ClNO2/c1-17(2,13-9-6-10-14(18)11-13)15(21-16(19)20)12-7-4-3-5-8-12/h3-11,15H,1-2H3,(H2,19,20)/t15-/m0/s1. The molecule has 2 aromatic carbocycles. The van der Waals surface area contributed by atoms with E-state index in [0.29, 0.717) is 5.02 Å². The maximum absolute atomic E-state index is 11.3. The predicted molar refractivity (Wildman–Crippen MR) is 84.3 cm³/mol. The highest BCUT2D eigenvalue weighted by atomic mass is 35.5. The van der Waals surface area contributed by atoms with E-state index in [9.17, 15) is 4.79 Å². The van der Waals surface area contributed by atoms with Gasteiger partial charge in [-0.15, -0.1) is 0 Å². The predicted octanol–water partition coefficient (Wildman–Crippen LogP) is 4.45. The molecule has 0 aromatic heterocycles. The Morgan fingerprint density at radius 1 is 1.14 bits per heavy atom. The maximum atomic E-state index is 11.3. The van der Waals surface area contributed by atoms with Crippen LogP contribution >= 0.6 is 11.6 Å². The Kier molecular flexibility index (Phi) is 4.53. The summed E-state index contributed by atoms with van der Waals surface area (Å²) in [4.78, 5) is 11.3. The van der Waals surface area contributed by atoms with Crippen LogP contribution in [0.1, 0.15) is 31.1 Å². The Balaban J connectivity index is 2.46. The molecule has 1 atom stereocenters. The number of primary amides is 1. The van der Waals surface area contributed by atoms with Crippen molar-refractivity contribution >= 4 is 17.7 Å². The van der Waals surface area contributed by atoms with E-state index in [1.54, 1.807) is 0 Å². The van der Waals surface area contributed by atoms with Crippen LogP contribution < -0.4 is 5.73 Å². The molecule has 0 radical (unpaired) electrons. The molecule has 110 valence electrons. The van der Waals surface area contributed by atoms with E-state index in [1.165, 1.54) is 0 Å². The first kappa shape index (κ1) is 15.4. The van der Waals surface area contributed by atoms with Crippen molar-refractivity contribution in [3.05, 3.63) is 70.7 Å². The number of benzene rings is 2. The third kappa shape index (κ3) is 3.56. The molecule has 0 fully saturated rings. The van der Waals surface area contributed by atoms with Gasteiger partial charge in [-0.05, 0) is 23.3 Å². The highest BCUT2D eigenvalue weighted by molar-refractivity contribution is 6.30. The Morgan fingerprint density at radius 3 is 2.38 bits per heavy atom. The molecule has 1 amide bonds. The summed E-state index contributed by atoms with van der Waals surface area (Å²) in [5.74, 6) is 0. The molecule has 0 saturated heterocycles. The van der Waals surface area contributed by atoms with Crippen LogP contribution in [-0.2, 0) is 10.2 Å². The number of carbonyl (C=O) groups excluding carboxylic acids is 1. The van der Waals surface area contributed by atoms with Crippen LogP contribution in [0.15, 0.2) is 54.6 Å². The van der Waals surface area contributed by atoms with E-state index >= 15 is 0 Å². The average Bonchev–Trinajstić information content (AvgIpc) is 2.45. The lowest BCUT2D eigenvalue weighted by Crippen LogP contribution is -2.32. The van der Waals surface area contributed by atoms with Crippen LogP contribution in [0, 0.1) is 0 Å². The Bertz CT molecular complexity index is 626. The molecule has 21 heavy (non-hydrogen) atoms. The zero-order valence-corrected chi connectivity index (χ0v) is 12.8. The van der Waals surface area contributed by atoms with Crippen LogP contribution in [0.5, 0.6) is 0 Å². The number of nitrogens with two attached hydrogens (primary N) is 1. The third-order valence-corrected chi connectivity index (χ3v) is 3.80. The Labute approximate surface area is 129 Å². The van der Waals surface area contributed by atoms with Gasteiger partial charge in [0.25, 0.3) is 0 Å². The fourth-order valence-corrected chi connectivity index (χ4v) is 2.61. The van der Waals surface area contributed by atoms with E-state index in [1.807, 2.05) is 68.4 Å². The van der Waals surface area contributed by atoms with E-state index in [4.69, 9.17) is 22.1 Å². The Hall–Kier alpha value is -2.00. The van der Waals surface area contributed by atoms with Crippen LogP contribution in [-0.4, -0.2) is 6.09 Å². The molecule has 0 aliphatic heterocycles. The second-order valence-corrected chi connectivity index (χ2v) is 5.90. The highest BCUT2D eigenvalue weighted by Crippen LogP contribution is 2.40. The van der Waals surface area contributed by atoms with Crippen molar-refractivity contribution in [2.45, 2.75) is 25.4 Å². The third-order valence-electron chi connectivity index (χ3n) is 3.56. The number of amides is 1. The van der Waals surface area contributed by atoms with Crippen molar-refractivity contribution in [2.24, 2.45) is 5.73 Å². The molecule has 3 nitrogen and oxygen atoms in total. The minimum atomic E-state index is -0.793. The van der Waals surface area contributed by atoms with Crippen molar-refractivity contribution in [1.29, 1.82) is 0 Å². The minimum absolute atomic E-state index is 0.471. The first-order chi connectivity index (χ1) is 9.91. The van der Waals surface area contributed by atoms with Crippen LogP contribution in [0.3, 0.4) is 0 Å². The van der Waals surface area contributed by atoms with Crippen LogP contribution in [0.4, 0.5) is 4.79 Å². The van der Waals surface area contributed by atoms with Gasteiger partial charge in [-0.1, -0.05) is 67.9 Å². The molecule has 0 aliphatic rings. The number of rotatable bonds is 4. The average molecular weight is 304 g/mol. The van der Waals surface area contributed by atoms with Crippen molar-refractivity contribution in [2.75, 3.05) is 0 Å². The number of carbonyl (C=O) groups is 1. The highest BCUT2D eigenvalue weighted by Gasteiger charge is 2.35. The topological polar surface area (TPSA) is 52.3 Å². The molecule has 0 bridgehead atoms. The van der Waals surface area contributed by atoms with Gasteiger partial charge >= 0.3 is 6.09 Å². The zero-order chi connectivity index (χ0) is 15.5. The lowest BCUT2D eigenvalue weighted by molar-refractivity contribution is 0.0621. The molecular weight excluding hydrogens is 286 g/mol. The summed E-state index contributed by atoms with van der Waals surface area (Å²) in [5.41, 5.74) is 6.64. The zero-order valence-electron chi connectivity index (χ0n) is 12.0. The second kappa shape index (κ2) is 6.19. The monoisotopic (exact) mass is 303 g/mol. The van der Waals surface area contributed by atoms with Gasteiger partial charge in [0.05, 0.1) is 0 Å². The van der Waals surface area contributed by atoms with Gasteiger partial charge in [0.1, 0.15) is 6.10 Å². The van der Waals surface area contributed by atoms with Gasteiger partial charge in [-0.25, -0.2) is 4.79 Å². The summed E-state index contributed by atoms with van der Waals surface area (Å²) in [7, 11) is 0. The number of hydrogen-bond donors (Lipinski definition) is 1. The summed E-state index contributed by atoms with van der Waals surface area (Å²) < 4.78 is 5.39. The van der Waals surface area contributed by atoms with Crippen molar-refractivity contribution in [3.63, 3.8) is 0 Å². The molecule has 2 aromatic rings. The number of halogens is 1. The second-order valence-electron chi connectivity index (χ2n) is 5.46. The molecule has 0 spiro atoms. The largest absolute Gasteiger partial charge is 0.441 e. The van der Waals surface area contributed by atoms with Crippen molar-refractivity contribution < 1.29 is 9.53 Å². The quantitative estimate of drug-likeness (QED) is 0.907. The van der Waals surface area contributed by atoms with E-state index in [2.05, 4.69) is 0 Å². The fourth-order valence-electron chi connectivity index (χ4n) is 2.42. The summed E-state index contributed by atoms with van der Waals surface area (Å²) >= 11 is 6.07. The summed E-state index contributed by atoms with van der Waals surface area (Å²) in [5, 5.41) is 0.645. The van der Waals surface area contributed by atoms with E-state index in [0.717, 1.165) is 11.1 Å². The molecular formula is C17H18ClNO2. The minimum Gasteiger partial charge on any atom is -0.441 e. The van der Waals surface area contributed by atoms with E-state index < -0.39 is 17.6 Å². The number of ether oxygens (including phenoxy) is 1. The van der Waals surface area contributed by atoms with Gasteiger partial charge in [-0.3, -0.25) is 0 Å². The summed E-state index contributed by atoms with van der Waals surface area (Å²) in [6.45, 7) is 4.00. The molecule has 2 rings (SSSR count). The van der Waals surface area contributed by atoms with Crippen LogP contribution in [0.25, 0.3) is 0 Å². The normalized spacial score (nSPS) is 12.7.